The van der Waals surface area contributed by atoms with E-state index in [9.17, 15) is 13.6 Å². The van der Waals surface area contributed by atoms with Gasteiger partial charge in [0.1, 0.15) is 17.0 Å². The molecule has 0 unspecified atom stereocenters. The van der Waals surface area contributed by atoms with Crippen molar-refractivity contribution in [3.8, 4) is 11.4 Å². The Morgan fingerprint density at radius 3 is 2.67 bits per heavy atom. The molecule has 0 atom stereocenters. The van der Waals surface area contributed by atoms with Gasteiger partial charge in [0.05, 0.1) is 37.6 Å². The van der Waals surface area contributed by atoms with E-state index in [4.69, 9.17) is 4.74 Å². The average Bonchev–Trinajstić information content (AvgIpc) is 3.49. The highest BCUT2D eigenvalue weighted by molar-refractivity contribution is 6.09. The predicted molar refractivity (Wildman–Crippen MR) is 119 cm³/mol. The second-order valence-electron chi connectivity index (χ2n) is 8.23. The maximum absolute atomic E-state index is 13.2. The highest BCUT2D eigenvalue weighted by Crippen LogP contribution is 2.50. The molecule has 9 nitrogen and oxygen atoms in total. The number of likely N-dealkylation sites (N-methyl/N-ethyl adjacent to an activating group) is 1. The maximum atomic E-state index is 13.2. The van der Waals surface area contributed by atoms with Gasteiger partial charge in [-0.05, 0) is 31.9 Å². The van der Waals surface area contributed by atoms with Gasteiger partial charge in [-0.25, -0.2) is 18.7 Å². The van der Waals surface area contributed by atoms with Crippen LogP contribution < -0.4 is 19.9 Å². The number of benzene rings is 1. The van der Waals surface area contributed by atoms with Gasteiger partial charge >= 0.3 is 0 Å². The van der Waals surface area contributed by atoms with Crippen LogP contribution in [0.2, 0.25) is 0 Å². The number of methoxy groups -OCH3 is 1. The van der Waals surface area contributed by atoms with Crippen LogP contribution in [0.1, 0.15) is 18.5 Å². The van der Waals surface area contributed by atoms with Crippen LogP contribution in [0.3, 0.4) is 0 Å². The second kappa shape index (κ2) is 7.68. The monoisotopic (exact) mass is 455 g/mol. The molecule has 1 N–H and O–H groups in total. The average molecular weight is 455 g/mol. The van der Waals surface area contributed by atoms with E-state index in [0.29, 0.717) is 30.1 Å². The molecule has 1 aliphatic heterocycles. The van der Waals surface area contributed by atoms with E-state index >= 15 is 0 Å². The van der Waals surface area contributed by atoms with Crippen LogP contribution in [0.5, 0.6) is 5.75 Å². The molecule has 1 saturated carbocycles. The SMILES string of the molecule is COc1cc(Nc2ncc3c(n2)N(C)C2(CC2)C(=O)N3CC(F)F)ccc1-n1cnc(C)c1. The Balaban J connectivity index is 1.46. The number of nitrogens with one attached hydrogen (secondary N) is 1. The summed E-state index contributed by atoms with van der Waals surface area (Å²) < 4.78 is 33.8. The van der Waals surface area contributed by atoms with Crippen LogP contribution in [-0.2, 0) is 4.79 Å². The van der Waals surface area contributed by atoms with Crippen molar-refractivity contribution in [3.05, 3.63) is 42.6 Å². The molecule has 0 saturated heterocycles. The summed E-state index contributed by atoms with van der Waals surface area (Å²) in [4.78, 5) is 28.9. The van der Waals surface area contributed by atoms with E-state index in [1.54, 1.807) is 25.4 Å². The van der Waals surface area contributed by atoms with Crippen molar-refractivity contribution in [2.75, 3.05) is 35.8 Å². The molecule has 3 heterocycles. The van der Waals surface area contributed by atoms with Gasteiger partial charge in [0.15, 0.2) is 5.82 Å². The Morgan fingerprint density at radius 2 is 2.03 bits per heavy atom. The van der Waals surface area contributed by atoms with E-state index in [2.05, 4.69) is 20.3 Å². The number of aryl methyl sites for hydroxylation is 1. The van der Waals surface area contributed by atoms with Crippen LogP contribution in [0.25, 0.3) is 5.69 Å². The fourth-order valence-electron chi connectivity index (χ4n) is 4.21. The van der Waals surface area contributed by atoms with Crippen LogP contribution >= 0.6 is 0 Å². The lowest BCUT2D eigenvalue weighted by molar-refractivity contribution is -0.121. The fraction of sp³-hybridized carbons (Fsp3) is 0.364. The number of nitrogens with zero attached hydrogens (tertiary/aromatic N) is 6. The van der Waals surface area contributed by atoms with Gasteiger partial charge in [-0.1, -0.05) is 0 Å². The maximum Gasteiger partial charge on any atom is 0.256 e. The first-order chi connectivity index (χ1) is 15.8. The number of amides is 1. The van der Waals surface area contributed by atoms with Gasteiger partial charge in [-0.15, -0.1) is 0 Å². The summed E-state index contributed by atoms with van der Waals surface area (Å²) in [5.74, 6) is 1.04. The Labute approximate surface area is 189 Å². The van der Waals surface area contributed by atoms with Gasteiger partial charge in [0.25, 0.3) is 12.3 Å². The third kappa shape index (κ3) is 3.53. The Hall–Kier alpha value is -3.76. The Bertz CT molecular complexity index is 1230. The first kappa shape index (κ1) is 21.1. The lowest BCUT2D eigenvalue weighted by atomic mass is 10.1. The summed E-state index contributed by atoms with van der Waals surface area (Å²) in [6, 6.07) is 5.55. The molecule has 1 fully saturated rings. The summed E-state index contributed by atoms with van der Waals surface area (Å²) in [5, 5.41) is 3.14. The van der Waals surface area contributed by atoms with Crippen molar-refractivity contribution < 1.29 is 18.3 Å². The van der Waals surface area contributed by atoms with E-state index in [-0.39, 0.29) is 17.5 Å². The van der Waals surface area contributed by atoms with Gasteiger partial charge in [0, 0.05) is 25.0 Å². The molecule has 11 heteroatoms. The van der Waals surface area contributed by atoms with Crippen molar-refractivity contribution >= 4 is 29.0 Å². The summed E-state index contributed by atoms with van der Waals surface area (Å²) in [6.07, 6.45) is 3.60. The number of alkyl halides is 2. The number of fused-ring (bicyclic) bond motifs is 1. The van der Waals surface area contributed by atoms with Crippen molar-refractivity contribution in [1.82, 2.24) is 19.5 Å². The molecule has 0 bridgehead atoms. The molecule has 5 rings (SSSR count). The number of carbonyl (C=O) groups excluding carboxylic acids is 1. The van der Waals surface area contributed by atoms with Gasteiger partial charge in [-0.2, -0.15) is 4.98 Å². The molecule has 1 aliphatic carbocycles. The molecule has 1 amide bonds. The summed E-state index contributed by atoms with van der Waals surface area (Å²) in [7, 11) is 3.35. The van der Waals surface area contributed by atoms with Crippen LogP contribution in [0.4, 0.5) is 31.9 Å². The minimum atomic E-state index is -2.65. The zero-order valence-electron chi connectivity index (χ0n) is 18.4. The summed E-state index contributed by atoms with van der Waals surface area (Å²) in [5.41, 5.74) is 1.90. The molecule has 172 valence electrons. The molecule has 33 heavy (non-hydrogen) atoms. The molecule has 2 aromatic heterocycles. The van der Waals surface area contributed by atoms with Gasteiger partial charge in [-0.3, -0.25) is 9.69 Å². The third-order valence-corrected chi connectivity index (χ3v) is 6.11. The van der Waals surface area contributed by atoms with Crippen LogP contribution in [0.15, 0.2) is 36.9 Å². The number of halogens is 2. The lowest BCUT2D eigenvalue weighted by Gasteiger charge is -2.40. The van der Waals surface area contributed by atoms with E-state index in [1.807, 2.05) is 35.9 Å². The Kier molecular flexibility index (Phi) is 4.91. The minimum absolute atomic E-state index is 0.286. The molecule has 1 aromatic carbocycles. The molecule has 2 aliphatic rings. The Morgan fingerprint density at radius 1 is 1.24 bits per heavy atom. The molecule has 1 spiro atoms. The highest BCUT2D eigenvalue weighted by atomic mass is 19.3. The first-order valence-corrected chi connectivity index (χ1v) is 10.5. The van der Waals surface area contributed by atoms with Crippen molar-refractivity contribution in [1.29, 1.82) is 0 Å². The summed E-state index contributed by atoms with van der Waals surface area (Å²) in [6.45, 7) is 1.23. The van der Waals surface area contributed by atoms with Crippen LogP contribution in [-0.4, -0.2) is 58.1 Å². The van der Waals surface area contributed by atoms with Gasteiger partial charge in [0.2, 0.25) is 5.95 Å². The number of rotatable bonds is 6. The van der Waals surface area contributed by atoms with Crippen molar-refractivity contribution in [2.45, 2.75) is 31.7 Å². The second-order valence-corrected chi connectivity index (χ2v) is 8.23. The zero-order chi connectivity index (χ0) is 23.3. The molecular formula is C22H23F2N7O2. The number of carbonyl (C=O) groups is 1. The number of anilines is 4. The standard InChI is InChI=1S/C22H23F2N7O2/c1-13-10-30(12-26-13)15-5-4-14(8-17(15)33-3)27-21-25-9-16-19(28-21)29(2)22(6-7-22)20(32)31(16)11-18(23)24/h4-5,8-10,12,18H,6-7,11H2,1-3H3,(H,25,27,28). The van der Waals surface area contributed by atoms with E-state index < -0.39 is 18.5 Å². The molecule has 3 aromatic rings. The number of ether oxygens (including phenoxy) is 1. The van der Waals surface area contributed by atoms with Crippen LogP contribution in [0, 0.1) is 6.92 Å². The molecule has 0 radical (unpaired) electrons. The normalized spacial score (nSPS) is 16.4. The van der Waals surface area contributed by atoms with Crippen molar-refractivity contribution in [3.63, 3.8) is 0 Å². The number of imidazole rings is 1. The first-order valence-electron chi connectivity index (χ1n) is 10.5. The predicted octanol–water partition coefficient (Wildman–Crippen LogP) is 3.30. The third-order valence-electron chi connectivity index (χ3n) is 6.11. The van der Waals surface area contributed by atoms with E-state index in [0.717, 1.165) is 16.3 Å². The zero-order valence-corrected chi connectivity index (χ0v) is 18.4. The fourth-order valence-corrected chi connectivity index (χ4v) is 4.21. The summed E-state index contributed by atoms with van der Waals surface area (Å²) >= 11 is 0. The highest BCUT2D eigenvalue weighted by Gasteiger charge is 2.59. The lowest BCUT2D eigenvalue weighted by Crippen LogP contribution is -2.55. The molecular weight excluding hydrogens is 432 g/mol. The van der Waals surface area contributed by atoms with Gasteiger partial charge < -0.3 is 19.5 Å². The topological polar surface area (TPSA) is 88.4 Å². The number of aromatic nitrogens is 4. The minimum Gasteiger partial charge on any atom is -0.494 e. The number of hydrogen-bond donors (Lipinski definition) is 1. The largest absolute Gasteiger partial charge is 0.494 e. The number of hydrogen-bond acceptors (Lipinski definition) is 7. The smallest absolute Gasteiger partial charge is 0.256 e. The van der Waals surface area contributed by atoms with Crippen molar-refractivity contribution in [2.24, 2.45) is 0 Å². The quantitative estimate of drug-likeness (QED) is 0.610. The van der Waals surface area contributed by atoms with E-state index in [1.165, 1.54) is 6.20 Å².